The van der Waals surface area contributed by atoms with E-state index in [1.54, 1.807) is 0 Å². The lowest BCUT2D eigenvalue weighted by molar-refractivity contribution is 1.52. The van der Waals surface area contributed by atoms with Crippen LogP contribution in [0, 0.1) is 22.7 Å². The van der Waals surface area contributed by atoms with Crippen molar-refractivity contribution in [3.63, 3.8) is 0 Å². The van der Waals surface area contributed by atoms with Gasteiger partial charge in [-0.25, -0.2) is 0 Å². The smallest absolute Gasteiger partial charge is 0.129 e. The van der Waals surface area contributed by atoms with Gasteiger partial charge in [0.15, 0.2) is 0 Å². The maximum atomic E-state index is 9.28. The number of nitriles is 2. The van der Waals surface area contributed by atoms with Crippen LogP contribution in [0.5, 0.6) is 0 Å². The highest BCUT2D eigenvalue weighted by atomic mass is 32.2. The minimum absolute atomic E-state index is 0.485. The molecule has 19 heavy (non-hydrogen) atoms. The van der Waals surface area contributed by atoms with Gasteiger partial charge in [-0.1, -0.05) is 30.3 Å². The summed E-state index contributed by atoms with van der Waals surface area (Å²) < 4.78 is 0.935. The monoisotopic (exact) mass is 281 g/mol. The Morgan fingerprint density at radius 3 is 2.21 bits per heavy atom. The number of hydrogen-bond acceptors (Lipinski definition) is 5. The molecule has 2 N–H and O–H groups in total. The Kier molecular flexibility index (Phi) is 2.72. The fourth-order valence-electron chi connectivity index (χ4n) is 2.03. The van der Waals surface area contributed by atoms with Crippen LogP contribution in [0.4, 0.5) is 5.69 Å². The first-order valence-electron chi connectivity index (χ1n) is 5.46. The second-order valence-electron chi connectivity index (χ2n) is 3.90. The molecule has 5 heteroatoms. The first-order chi connectivity index (χ1) is 9.26. The van der Waals surface area contributed by atoms with E-state index in [4.69, 9.17) is 11.0 Å². The molecule has 0 aliphatic rings. The Labute approximate surface area is 117 Å². The van der Waals surface area contributed by atoms with E-state index in [2.05, 4.69) is 12.1 Å². The van der Waals surface area contributed by atoms with E-state index in [1.165, 1.54) is 22.7 Å². The van der Waals surface area contributed by atoms with Crippen LogP contribution in [0.2, 0.25) is 0 Å². The topological polar surface area (TPSA) is 73.6 Å². The van der Waals surface area contributed by atoms with E-state index >= 15 is 0 Å². The summed E-state index contributed by atoms with van der Waals surface area (Å²) in [6.45, 7) is 0. The molecule has 3 nitrogen and oxygen atoms in total. The van der Waals surface area contributed by atoms with Crippen LogP contribution >= 0.6 is 22.7 Å². The largest absolute Gasteiger partial charge is 0.396 e. The van der Waals surface area contributed by atoms with Gasteiger partial charge in [0.1, 0.15) is 21.9 Å². The first-order valence-corrected chi connectivity index (χ1v) is 7.10. The molecule has 0 fully saturated rings. The number of nitrogens with two attached hydrogens (primary N) is 1. The molecule has 0 saturated carbocycles. The molecule has 0 amide bonds. The minimum Gasteiger partial charge on any atom is -0.396 e. The summed E-state index contributed by atoms with van der Waals surface area (Å²) in [7, 11) is 0. The van der Waals surface area contributed by atoms with E-state index in [0.29, 0.717) is 15.4 Å². The number of benzene rings is 1. The summed E-state index contributed by atoms with van der Waals surface area (Å²) in [6, 6.07) is 14.0. The molecule has 3 aromatic rings. The summed E-state index contributed by atoms with van der Waals surface area (Å²) in [6.07, 6.45) is 0. The predicted octanol–water partition coefficient (Wildman–Crippen LogP) is 3.96. The predicted molar refractivity (Wildman–Crippen MR) is 79.0 cm³/mol. The average molecular weight is 281 g/mol. The van der Waals surface area contributed by atoms with Crippen molar-refractivity contribution >= 4 is 37.8 Å². The number of rotatable bonds is 1. The highest BCUT2D eigenvalue weighted by Gasteiger charge is 2.20. The van der Waals surface area contributed by atoms with Gasteiger partial charge >= 0.3 is 0 Å². The van der Waals surface area contributed by atoms with E-state index in [9.17, 15) is 5.26 Å². The van der Waals surface area contributed by atoms with Crippen molar-refractivity contribution in [1.82, 2.24) is 0 Å². The molecule has 0 bridgehead atoms. The van der Waals surface area contributed by atoms with Crippen molar-refractivity contribution in [2.24, 2.45) is 0 Å². The Hall–Kier alpha value is -2.34. The van der Waals surface area contributed by atoms with Gasteiger partial charge in [0.2, 0.25) is 0 Å². The van der Waals surface area contributed by atoms with E-state index in [-0.39, 0.29) is 0 Å². The molecular formula is C14H7N3S2. The zero-order valence-electron chi connectivity index (χ0n) is 9.68. The molecule has 3 rings (SSSR count). The molecule has 2 aromatic heterocycles. The van der Waals surface area contributed by atoms with Gasteiger partial charge in [0.25, 0.3) is 0 Å². The van der Waals surface area contributed by atoms with Crippen LogP contribution in [-0.4, -0.2) is 0 Å². The highest BCUT2D eigenvalue weighted by Crippen LogP contribution is 2.46. The molecule has 0 spiro atoms. The van der Waals surface area contributed by atoms with Crippen LogP contribution in [-0.2, 0) is 0 Å². The molecule has 0 unspecified atom stereocenters. The van der Waals surface area contributed by atoms with E-state index in [0.717, 1.165) is 20.5 Å². The third kappa shape index (κ3) is 1.68. The van der Waals surface area contributed by atoms with Crippen LogP contribution in [0.1, 0.15) is 9.75 Å². The summed E-state index contributed by atoms with van der Waals surface area (Å²) in [5, 5.41) is 19.2. The van der Waals surface area contributed by atoms with Gasteiger partial charge in [-0.05, 0) is 5.56 Å². The van der Waals surface area contributed by atoms with Gasteiger partial charge in [0.05, 0.1) is 9.70 Å². The molecule has 0 atom stereocenters. The van der Waals surface area contributed by atoms with Gasteiger partial charge in [-0.15, -0.1) is 22.7 Å². The molecule has 90 valence electrons. The number of anilines is 1. The summed E-state index contributed by atoms with van der Waals surface area (Å²) in [5.41, 5.74) is 8.33. The molecule has 0 saturated heterocycles. The molecule has 0 aliphatic carbocycles. The number of hydrogen-bond donors (Lipinski definition) is 1. The van der Waals surface area contributed by atoms with Crippen molar-refractivity contribution in [2.45, 2.75) is 0 Å². The molecule has 0 radical (unpaired) electrons. The summed E-state index contributed by atoms with van der Waals surface area (Å²) in [4.78, 5) is 1.16. The zero-order chi connectivity index (χ0) is 13.4. The number of fused-ring (bicyclic) bond motifs is 1. The summed E-state index contributed by atoms with van der Waals surface area (Å²) in [5.74, 6) is 0. The van der Waals surface area contributed by atoms with Gasteiger partial charge in [-0.3, -0.25) is 0 Å². The molecule has 2 heterocycles. The average Bonchev–Trinajstić information content (AvgIpc) is 2.96. The van der Waals surface area contributed by atoms with Crippen molar-refractivity contribution in [1.29, 1.82) is 10.5 Å². The van der Waals surface area contributed by atoms with Crippen LogP contribution < -0.4 is 5.73 Å². The van der Waals surface area contributed by atoms with Crippen LogP contribution in [0.25, 0.3) is 20.5 Å². The van der Waals surface area contributed by atoms with Crippen molar-refractivity contribution in [2.75, 3.05) is 5.73 Å². The van der Waals surface area contributed by atoms with Crippen LogP contribution in [0.15, 0.2) is 30.3 Å². The Morgan fingerprint density at radius 1 is 0.947 bits per heavy atom. The van der Waals surface area contributed by atoms with Gasteiger partial charge < -0.3 is 5.73 Å². The normalized spacial score (nSPS) is 10.2. The van der Waals surface area contributed by atoms with E-state index in [1.807, 2.05) is 30.3 Å². The quantitative estimate of drug-likeness (QED) is 0.733. The lowest BCUT2D eigenvalue weighted by atomic mass is 10.0. The van der Waals surface area contributed by atoms with Crippen molar-refractivity contribution in [3.05, 3.63) is 40.1 Å². The fourth-order valence-corrected chi connectivity index (χ4v) is 4.32. The Balaban J connectivity index is 2.43. The van der Waals surface area contributed by atoms with Gasteiger partial charge in [0, 0.05) is 10.9 Å². The SMILES string of the molecule is N#Cc1sc2sc(C#N)c(-c3ccccc3)c2c1N. The first kappa shape index (κ1) is 11.7. The van der Waals surface area contributed by atoms with Gasteiger partial charge in [-0.2, -0.15) is 10.5 Å². The highest BCUT2D eigenvalue weighted by molar-refractivity contribution is 7.39. The molecule has 0 aliphatic heterocycles. The molecule has 1 aromatic carbocycles. The summed E-state index contributed by atoms with van der Waals surface area (Å²) >= 11 is 2.75. The third-order valence-electron chi connectivity index (χ3n) is 2.85. The Morgan fingerprint density at radius 2 is 1.58 bits per heavy atom. The number of nitrogen functional groups attached to an aromatic ring is 1. The molecular weight excluding hydrogens is 274 g/mol. The Bertz CT molecular complexity index is 845. The maximum Gasteiger partial charge on any atom is 0.129 e. The lowest BCUT2D eigenvalue weighted by Crippen LogP contribution is -1.86. The maximum absolute atomic E-state index is 9.28. The minimum atomic E-state index is 0.485. The van der Waals surface area contributed by atoms with Crippen molar-refractivity contribution in [3.8, 4) is 23.3 Å². The van der Waals surface area contributed by atoms with E-state index < -0.39 is 0 Å². The fraction of sp³-hybridized carbons (Fsp3) is 0. The lowest BCUT2D eigenvalue weighted by Gasteiger charge is -2.00. The second kappa shape index (κ2) is 4.40. The number of nitrogens with zero attached hydrogens (tertiary/aromatic N) is 2. The second-order valence-corrected chi connectivity index (χ2v) is 6.20. The van der Waals surface area contributed by atoms with Crippen molar-refractivity contribution < 1.29 is 0 Å². The standard InChI is InChI=1S/C14H7N3S2/c15-6-9-11(8-4-2-1-3-5-8)12-13(17)10(7-16)19-14(12)18-9/h1-5H,17H2. The number of thiophene rings is 2. The van der Waals surface area contributed by atoms with Crippen LogP contribution in [0.3, 0.4) is 0 Å². The zero-order valence-corrected chi connectivity index (χ0v) is 11.3. The third-order valence-corrected chi connectivity index (χ3v) is 5.14.